The molecule has 3 rings (SSSR count). The van der Waals surface area contributed by atoms with Gasteiger partial charge in [-0.25, -0.2) is 14.4 Å². The van der Waals surface area contributed by atoms with Crippen LogP contribution in [-0.2, 0) is 4.79 Å². The molecule has 3 atom stereocenters. The lowest BCUT2D eigenvalue weighted by molar-refractivity contribution is -0.535. The lowest BCUT2D eigenvalue weighted by Gasteiger charge is -2.59. The summed E-state index contributed by atoms with van der Waals surface area (Å²) in [6.07, 6.45) is 14.1. The number of carbonyl (C=O) groups excluding carboxylic acids is 1. The molecule has 0 bridgehead atoms. The van der Waals surface area contributed by atoms with Gasteiger partial charge in [0, 0.05) is 26.7 Å². The summed E-state index contributed by atoms with van der Waals surface area (Å²) < 4.78 is 14.1. The normalized spacial score (nSPS) is 29.0. The number of carbonyl (C=O) groups is 1. The minimum Gasteiger partial charge on any atom is -0.369 e. The lowest BCUT2D eigenvalue weighted by atomic mass is 9.63. The Morgan fingerprint density at radius 3 is 1.82 bits per heavy atom. The van der Waals surface area contributed by atoms with E-state index in [4.69, 9.17) is 0 Å². The average Bonchev–Trinajstić information content (AvgIpc) is 3.25. The molecular weight excluding hydrogens is 665 g/mol. The highest BCUT2D eigenvalue weighted by Gasteiger charge is 2.85. The van der Waals surface area contributed by atoms with E-state index >= 15 is 0 Å². The van der Waals surface area contributed by atoms with Crippen molar-refractivity contribution in [1.29, 1.82) is 0 Å². The number of hydrogen-bond acceptors (Lipinski definition) is 13. The second-order valence-electron chi connectivity index (χ2n) is 14.8. The number of alkyl halides is 1. The summed E-state index contributed by atoms with van der Waals surface area (Å²) in [5.41, 5.74) is 2.05. The molecular formula is C36H72FN5O9. The van der Waals surface area contributed by atoms with Gasteiger partial charge in [-0.05, 0) is 71.9 Å². The Hall–Kier alpha value is -1.60. The molecule has 14 nitrogen and oxygen atoms in total. The van der Waals surface area contributed by atoms with Crippen molar-refractivity contribution in [2.75, 3.05) is 34.2 Å². The summed E-state index contributed by atoms with van der Waals surface area (Å²) in [7, 11) is 6.72. The maximum atomic E-state index is 14.1. The largest absolute Gasteiger partial charge is 0.369 e. The number of halogens is 1. The van der Waals surface area contributed by atoms with E-state index in [1.807, 2.05) is 13.8 Å². The molecule has 1 amide bonds. The van der Waals surface area contributed by atoms with Gasteiger partial charge in [0.1, 0.15) is 0 Å². The quantitative estimate of drug-likeness (QED) is 0.145. The molecule has 10 N–H and O–H groups in total. The van der Waals surface area contributed by atoms with Gasteiger partial charge in [0.2, 0.25) is 23.2 Å². The first-order valence-corrected chi connectivity index (χ1v) is 18.2. The topological polar surface area (TPSA) is 218 Å². The standard InChI is InChI=1S/C21H40N4.C8H14FNO9.C5H12.C2H6/c1-17(2)21-24(7)23(6)19(4)25(21)18(3)16-22(5)15-11-14-20-12-9-8-10-13-20;1-4(9)7(16,17)5(12,13)2(3(10)11)6(14,15)8(4,18)19;1-4-5(2)3;1-2/h8-9,12,17-19,21H,10-11,13-16H2,1-7H3;2,12-19H,1H3,(H2,10,11);5H,4H2,1-3H3;1-2H3. The second-order valence-corrected chi connectivity index (χ2v) is 14.8. The highest BCUT2D eigenvalue weighted by atomic mass is 19.1. The van der Waals surface area contributed by atoms with Gasteiger partial charge in [0.25, 0.3) is 11.6 Å². The number of likely N-dealkylation sites (N-methyl/N-ethyl adjacent to an activating group) is 1. The van der Waals surface area contributed by atoms with Gasteiger partial charge in [-0.1, -0.05) is 78.7 Å². The number of primary amides is 1. The predicted molar refractivity (Wildman–Crippen MR) is 195 cm³/mol. The summed E-state index contributed by atoms with van der Waals surface area (Å²) in [5, 5.41) is 79.8. The van der Waals surface area contributed by atoms with Crippen molar-refractivity contribution in [2.45, 2.75) is 149 Å². The van der Waals surface area contributed by atoms with Crippen molar-refractivity contribution in [1.82, 2.24) is 19.8 Å². The lowest BCUT2D eigenvalue weighted by Crippen LogP contribution is -2.89. The van der Waals surface area contributed by atoms with E-state index in [0.29, 0.717) is 24.3 Å². The summed E-state index contributed by atoms with van der Waals surface area (Å²) in [4.78, 5) is 16.2. The third-order valence-electron chi connectivity index (χ3n) is 10.2. The van der Waals surface area contributed by atoms with E-state index in [2.05, 4.69) is 113 Å². The van der Waals surface area contributed by atoms with E-state index in [1.54, 1.807) is 5.57 Å². The molecule has 2 aliphatic carbocycles. The third-order valence-corrected chi connectivity index (χ3v) is 10.2. The van der Waals surface area contributed by atoms with E-state index in [1.165, 1.54) is 38.6 Å². The van der Waals surface area contributed by atoms with Crippen molar-refractivity contribution in [2.24, 2.45) is 23.5 Å². The fourth-order valence-corrected chi connectivity index (χ4v) is 6.55. The Balaban J connectivity index is 0.000000851. The zero-order valence-electron chi connectivity index (χ0n) is 33.4. The van der Waals surface area contributed by atoms with Crippen molar-refractivity contribution >= 4 is 5.91 Å². The van der Waals surface area contributed by atoms with Crippen LogP contribution >= 0.6 is 0 Å². The van der Waals surface area contributed by atoms with Gasteiger partial charge in [-0.3, -0.25) is 9.69 Å². The summed E-state index contributed by atoms with van der Waals surface area (Å²) in [6.45, 7) is 22.4. The first-order valence-electron chi connectivity index (χ1n) is 18.2. The van der Waals surface area contributed by atoms with E-state index in [-0.39, 0.29) is 6.92 Å². The van der Waals surface area contributed by atoms with Gasteiger partial charge in [0.15, 0.2) is 5.92 Å². The minimum absolute atomic E-state index is 0.0343. The fraction of sp³-hybridized carbons (Fsp3) is 0.861. The molecule has 0 aromatic rings. The van der Waals surface area contributed by atoms with E-state index in [0.717, 1.165) is 12.5 Å². The van der Waals surface area contributed by atoms with Crippen molar-refractivity contribution in [3.05, 3.63) is 23.8 Å². The van der Waals surface area contributed by atoms with Gasteiger partial charge in [0.05, 0.1) is 12.3 Å². The molecule has 0 aromatic heterocycles. The van der Waals surface area contributed by atoms with Crippen LogP contribution in [0.5, 0.6) is 0 Å². The molecule has 1 saturated carbocycles. The molecule has 1 heterocycles. The maximum Gasteiger partial charge on any atom is 0.260 e. The smallest absolute Gasteiger partial charge is 0.260 e. The molecule has 2 fully saturated rings. The van der Waals surface area contributed by atoms with Crippen LogP contribution in [0.1, 0.15) is 101 Å². The number of rotatable bonds is 10. The van der Waals surface area contributed by atoms with Crippen LogP contribution in [-0.4, -0.2) is 148 Å². The van der Waals surface area contributed by atoms with Gasteiger partial charge < -0.3 is 51.5 Å². The Morgan fingerprint density at radius 1 is 0.980 bits per heavy atom. The Bertz CT molecular complexity index is 1100. The highest BCUT2D eigenvalue weighted by molar-refractivity contribution is 5.79. The summed E-state index contributed by atoms with van der Waals surface area (Å²) in [5.74, 6) is -20.8. The summed E-state index contributed by atoms with van der Waals surface area (Å²) >= 11 is 0. The fourth-order valence-electron chi connectivity index (χ4n) is 6.55. The second kappa shape index (κ2) is 19.6. The van der Waals surface area contributed by atoms with Crippen LogP contribution in [0.3, 0.4) is 0 Å². The van der Waals surface area contributed by atoms with E-state index < -0.39 is 40.6 Å². The van der Waals surface area contributed by atoms with Crippen molar-refractivity contribution < 1.29 is 50.0 Å². The molecule has 51 heavy (non-hydrogen) atoms. The van der Waals surface area contributed by atoms with E-state index in [9.17, 15) is 50.0 Å². The van der Waals surface area contributed by atoms with Crippen molar-refractivity contribution in [3.8, 4) is 0 Å². The third kappa shape index (κ3) is 10.8. The monoisotopic (exact) mass is 738 g/mol. The number of nitrogens with two attached hydrogens (primary N) is 1. The van der Waals surface area contributed by atoms with Gasteiger partial charge in [-0.2, -0.15) is 0 Å². The molecule has 0 spiro atoms. The first kappa shape index (κ1) is 49.4. The first-order chi connectivity index (χ1) is 23.2. The Morgan fingerprint density at radius 2 is 1.45 bits per heavy atom. The minimum atomic E-state index is -4.36. The van der Waals surface area contributed by atoms with Gasteiger partial charge in [-0.15, -0.1) is 0 Å². The Labute approximate surface area is 305 Å². The molecule has 1 aliphatic heterocycles. The Kier molecular flexibility index (Phi) is 19.0. The van der Waals surface area contributed by atoms with Crippen LogP contribution in [0.4, 0.5) is 4.39 Å². The molecule has 302 valence electrons. The van der Waals surface area contributed by atoms with Crippen molar-refractivity contribution in [3.63, 3.8) is 0 Å². The molecule has 1 saturated heterocycles. The molecule has 3 aliphatic rings. The summed E-state index contributed by atoms with van der Waals surface area (Å²) in [6, 6.07) is 0.552. The van der Waals surface area contributed by atoms with Crippen LogP contribution < -0.4 is 5.73 Å². The maximum absolute atomic E-state index is 14.1. The number of hydrazine groups is 1. The number of hydrogen-bond donors (Lipinski definition) is 9. The van der Waals surface area contributed by atoms with Crippen LogP contribution in [0.15, 0.2) is 23.8 Å². The van der Waals surface area contributed by atoms with Crippen LogP contribution in [0.2, 0.25) is 0 Å². The SMILES string of the molecule is CC.CC(C)C1N(C(C)CN(C)CCCC2=CC=CCC2)C(C)N(C)N1C.CC1(F)C(O)(O)C(O)(O)C(C(N)=O)C(O)(O)C1(O)O.CCC(C)C. The molecule has 0 radical (unpaired) electrons. The average molecular weight is 738 g/mol. The van der Waals surface area contributed by atoms with Gasteiger partial charge >= 0.3 is 0 Å². The van der Waals surface area contributed by atoms with Crippen LogP contribution in [0.25, 0.3) is 0 Å². The highest BCUT2D eigenvalue weighted by Crippen LogP contribution is 2.54. The molecule has 0 aromatic carbocycles. The number of aliphatic hydroxyl groups is 8. The van der Waals surface area contributed by atoms with Crippen LogP contribution in [0, 0.1) is 17.8 Å². The molecule has 15 heteroatoms. The number of nitrogens with zero attached hydrogens (tertiary/aromatic N) is 4. The zero-order valence-corrected chi connectivity index (χ0v) is 33.4. The molecule has 3 unspecified atom stereocenters. The predicted octanol–water partition coefficient (Wildman–Crippen LogP) is 1.42. The number of amides is 1. The number of allylic oxidation sites excluding steroid dienone is 4. The zero-order chi connectivity index (χ0) is 40.5.